The number of benzene rings is 1. The first-order valence-corrected chi connectivity index (χ1v) is 11.5. The molecule has 9 nitrogen and oxygen atoms in total. The van der Waals surface area contributed by atoms with Crippen molar-refractivity contribution in [1.82, 2.24) is 19.7 Å². The van der Waals surface area contributed by atoms with Gasteiger partial charge in [-0.25, -0.2) is 14.5 Å². The normalized spacial score (nSPS) is 16.6. The maximum absolute atomic E-state index is 12.5. The molecule has 1 saturated heterocycles. The Labute approximate surface area is 192 Å². The monoisotopic (exact) mass is 459 g/mol. The highest BCUT2D eigenvalue weighted by Gasteiger charge is 2.31. The van der Waals surface area contributed by atoms with Crippen LogP contribution in [0.1, 0.15) is 48.9 Å². The third-order valence-electron chi connectivity index (χ3n) is 4.54. The Morgan fingerprint density at radius 3 is 2.88 bits per heavy atom. The van der Waals surface area contributed by atoms with E-state index in [4.69, 9.17) is 20.2 Å². The first-order valence-electron chi connectivity index (χ1n) is 10.3. The molecule has 1 atom stereocenters. The number of hydrogen-bond acceptors (Lipinski definition) is 7. The van der Waals surface area contributed by atoms with Crippen molar-refractivity contribution in [2.75, 3.05) is 25.4 Å². The molecule has 0 radical (unpaired) electrons. The zero-order chi connectivity index (χ0) is 23.3. The summed E-state index contributed by atoms with van der Waals surface area (Å²) in [4.78, 5) is 30.4. The zero-order valence-corrected chi connectivity index (χ0v) is 19.4. The molecule has 1 aromatic heterocycles. The van der Waals surface area contributed by atoms with E-state index in [1.165, 1.54) is 0 Å². The van der Waals surface area contributed by atoms with Crippen molar-refractivity contribution in [1.29, 1.82) is 0 Å². The van der Waals surface area contributed by atoms with E-state index in [1.807, 2.05) is 32.9 Å². The minimum Gasteiger partial charge on any atom is -0.444 e. The molecular formula is C22H29N5O4S. The maximum Gasteiger partial charge on any atom is 0.410 e. The highest BCUT2D eigenvalue weighted by Crippen LogP contribution is 2.24. The van der Waals surface area contributed by atoms with E-state index < -0.39 is 17.6 Å². The second-order valence-corrected chi connectivity index (χ2v) is 9.33. The van der Waals surface area contributed by atoms with Crippen LogP contribution in [0.2, 0.25) is 0 Å². The summed E-state index contributed by atoms with van der Waals surface area (Å²) in [6.45, 7) is 10.3. The van der Waals surface area contributed by atoms with Crippen molar-refractivity contribution in [3.8, 4) is 5.69 Å². The number of carbonyl (C=O) groups is 2. The van der Waals surface area contributed by atoms with Gasteiger partial charge in [-0.15, -0.1) is 23.4 Å². The molecule has 1 unspecified atom stereocenters. The summed E-state index contributed by atoms with van der Waals surface area (Å²) in [6.07, 6.45) is 0.948. The van der Waals surface area contributed by atoms with Crippen LogP contribution >= 0.6 is 11.8 Å². The number of nitrogens with zero attached hydrogens (tertiary/aromatic N) is 4. The fraction of sp³-hybridized carbons (Fsp3) is 0.455. The predicted octanol–water partition coefficient (Wildman–Crippen LogP) is 3.09. The molecular weight excluding hydrogens is 430 g/mol. The third kappa shape index (κ3) is 6.10. The van der Waals surface area contributed by atoms with Crippen LogP contribution in [-0.4, -0.2) is 62.7 Å². The van der Waals surface area contributed by atoms with Gasteiger partial charge < -0.3 is 20.1 Å². The summed E-state index contributed by atoms with van der Waals surface area (Å²) in [5.41, 5.74) is 5.92. The molecule has 0 bridgehead atoms. The molecule has 1 fully saturated rings. The van der Waals surface area contributed by atoms with Gasteiger partial charge in [0.2, 0.25) is 5.91 Å². The topological polar surface area (TPSA) is 113 Å². The second-order valence-electron chi connectivity index (χ2n) is 8.30. The van der Waals surface area contributed by atoms with Crippen molar-refractivity contribution in [2.45, 2.75) is 38.2 Å². The van der Waals surface area contributed by atoms with Crippen molar-refractivity contribution in [2.24, 2.45) is 5.73 Å². The van der Waals surface area contributed by atoms with Crippen LogP contribution in [0.4, 0.5) is 4.79 Å². The number of amides is 2. The summed E-state index contributed by atoms with van der Waals surface area (Å²) in [5, 5.41) is 4.66. The van der Waals surface area contributed by atoms with Gasteiger partial charge in [0.05, 0.1) is 24.6 Å². The quantitative estimate of drug-likeness (QED) is 0.500. The Morgan fingerprint density at radius 1 is 1.41 bits per heavy atom. The number of thioether (sulfide) groups is 1. The number of primary amides is 1. The molecule has 1 aliphatic heterocycles. The Kier molecular flexibility index (Phi) is 7.57. The lowest BCUT2D eigenvalue weighted by Crippen LogP contribution is -2.44. The lowest BCUT2D eigenvalue weighted by atomic mass is 10.2. The molecule has 2 amide bonds. The number of carbonyl (C=O) groups excluding carboxylic acids is 2. The first kappa shape index (κ1) is 23.8. The molecule has 1 aliphatic rings. The number of nitrogens with two attached hydrogens (primary N) is 1. The number of rotatable bonds is 7. The molecule has 3 rings (SSSR count). The number of aromatic nitrogens is 3. The van der Waals surface area contributed by atoms with E-state index in [2.05, 4.69) is 11.7 Å². The van der Waals surface area contributed by atoms with Gasteiger partial charge in [0.25, 0.3) is 0 Å². The Balaban J connectivity index is 1.87. The molecule has 1 aromatic carbocycles. The van der Waals surface area contributed by atoms with Gasteiger partial charge in [-0.1, -0.05) is 12.1 Å². The Morgan fingerprint density at radius 2 is 2.19 bits per heavy atom. The average Bonchev–Trinajstić information content (AvgIpc) is 3.17. The van der Waals surface area contributed by atoms with E-state index in [-0.39, 0.29) is 6.09 Å². The van der Waals surface area contributed by atoms with Gasteiger partial charge in [-0.2, -0.15) is 0 Å². The first-order chi connectivity index (χ1) is 15.2. The number of ether oxygens (including phenoxy) is 2. The maximum atomic E-state index is 12.5. The smallest absolute Gasteiger partial charge is 0.410 e. The van der Waals surface area contributed by atoms with Gasteiger partial charge in [0.15, 0.2) is 5.82 Å². The molecule has 172 valence electrons. The third-order valence-corrected chi connectivity index (χ3v) is 5.47. The van der Waals surface area contributed by atoms with Crippen LogP contribution in [0, 0.1) is 0 Å². The summed E-state index contributed by atoms with van der Waals surface area (Å²) in [5.74, 6) is 2.00. The minimum absolute atomic E-state index is 0.291. The van der Waals surface area contributed by atoms with Gasteiger partial charge in [-0.05, 0) is 39.0 Å². The van der Waals surface area contributed by atoms with Crippen LogP contribution in [0.25, 0.3) is 5.69 Å². The van der Waals surface area contributed by atoms with Crippen LogP contribution in [0.3, 0.4) is 0 Å². The molecule has 32 heavy (non-hydrogen) atoms. The van der Waals surface area contributed by atoms with Crippen molar-refractivity contribution in [3.05, 3.63) is 54.1 Å². The summed E-state index contributed by atoms with van der Waals surface area (Å²) in [7, 11) is 0. The fourth-order valence-electron chi connectivity index (χ4n) is 3.12. The van der Waals surface area contributed by atoms with E-state index in [0.717, 1.165) is 5.75 Å². The summed E-state index contributed by atoms with van der Waals surface area (Å²) in [6, 6.07) is 6.91. The average molecular weight is 460 g/mol. The highest BCUT2D eigenvalue weighted by molar-refractivity contribution is 7.98. The number of hydrogen-bond donors (Lipinski definition) is 1. The zero-order valence-electron chi connectivity index (χ0n) is 18.6. The van der Waals surface area contributed by atoms with Gasteiger partial charge >= 0.3 is 6.09 Å². The van der Waals surface area contributed by atoms with Crippen molar-refractivity contribution in [3.63, 3.8) is 0 Å². The molecule has 2 aromatic rings. The van der Waals surface area contributed by atoms with Crippen LogP contribution in [0.5, 0.6) is 0 Å². The molecule has 0 spiro atoms. The fourth-order valence-corrected chi connectivity index (χ4v) is 3.77. The SMILES string of the molecule is C=CCSCc1nc(C2CN(C(=O)OC(C)(C)C)CCO2)nn1-c1cccc(C(N)=O)c1. The summed E-state index contributed by atoms with van der Waals surface area (Å²) >= 11 is 1.64. The van der Waals surface area contributed by atoms with E-state index in [9.17, 15) is 9.59 Å². The predicted molar refractivity (Wildman–Crippen MR) is 123 cm³/mol. The molecule has 2 N–H and O–H groups in total. The lowest BCUT2D eigenvalue weighted by molar-refractivity contribution is -0.0462. The lowest BCUT2D eigenvalue weighted by Gasteiger charge is -2.33. The largest absolute Gasteiger partial charge is 0.444 e. The number of morpholine rings is 1. The van der Waals surface area contributed by atoms with Crippen molar-refractivity contribution < 1.29 is 19.1 Å². The second kappa shape index (κ2) is 10.2. The van der Waals surface area contributed by atoms with Crippen LogP contribution in [0.15, 0.2) is 36.9 Å². The highest BCUT2D eigenvalue weighted by atomic mass is 32.2. The van der Waals surface area contributed by atoms with Gasteiger partial charge in [0.1, 0.15) is 17.5 Å². The van der Waals surface area contributed by atoms with Crippen LogP contribution in [-0.2, 0) is 15.2 Å². The van der Waals surface area contributed by atoms with Gasteiger partial charge in [0, 0.05) is 17.9 Å². The summed E-state index contributed by atoms with van der Waals surface area (Å²) < 4.78 is 13.1. The van der Waals surface area contributed by atoms with Gasteiger partial charge in [-0.3, -0.25) is 4.79 Å². The van der Waals surface area contributed by atoms with E-state index in [0.29, 0.717) is 48.3 Å². The molecule has 2 heterocycles. The minimum atomic E-state index is -0.578. The standard InChI is InChI=1S/C22H29N5O4S/c1-5-11-32-14-18-24-20(25-27(18)16-8-6-7-15(12-16)19(23)28)17-13-26(9-10-30-17)21(29)31-22(2,3)4/h5-8,12,17H,1,9-11,13-14H2,2-4H3,(H2,23,28). The van der Waals surface area contributed by atoms with Crippen LogP contribution < -0.4 is 5.73 Å². The Bertz CT molecular complexity index is 985. The van der Waals surface area contributed by atoms with Crippen molar-refractivity contribution >= 4 is 23.8 Å². The Hall–Kier alpha value is -2.85. The van der Waals surface area contributed by atoms with E-state index in [1.54, 1.807) is 39.5 Å². The molecule has 10 heteroatoms. The molecule has 0 saturated carbocycles. The van der Waals surface area contributed by atoms with E-state index >= 15 is 0 Å². The molecule has 0 aliphatic carbocycles.